The Labute approximate surface area is 123 Å². The van der Waals surface area contributed by atoms with Crippen LogP contribution in [-0.2, 0) is 14.8 Å². The lowest BCUT2D eigenvalue weighted by Crippen LogP contribution is -2.23. The first kappa shape index (κ1) is 16.3. The molecule has 1 aromatic rings. The molecule has 0 atom stereocenters. The fourth-order valence-electron chi connectivity index (χ4n) is 1.15. The largest absolute Gasteiger partial charge is 0.465 e. The highest BCUT2D eigenvalue weighted by Crippen LogP contribution is 2.31. The maximum Gasteiger partial charge on any atom is 0.348 e. The van der Waals surface area contributed by atoms with E-state index < -0.39 is 16.0 Å². The minimum Gasteiger partial charge on any atom is -0.465 e. The van der Waals surface area contributed by atoms with Crippen LogP contribution in [0.1, 0.15) is 9.67 Å². The zero-order chi connectivity index (χ0) is 14.5. The lowest BCUT2D eigenvalue weighted by molar-refractivity contribution is 0.0606. The van der Waals surface area contributed by atoms with E-state index in [1.165, 1.54) is 13.2 Å². The Morgan fingerprint density at radius 3 is 2.84 bits per heavy atom. The number of nitrogens with two attached hydrogens (primary N) is 1. The Bertz CT molecular complexity index is 580. The van der Waals surface area contributed by atoms with Gasteiger partial charge in [0.2, 0.25) is 10.0 Å². The Kier molecular flexibility index (Phi) is 6.14. The summed E-state index contributed by atoms with van der Waals surface area (Å²) < 4.78 is 31.2. The summed E-state index contributed by atoms with van der Waals surface area (Å²) in [7, 11) is -2.44. The molecule has 1 rings (SSSR count). The van der Waals surface area contributed by atoms with Crippen molar-refractivity contribution in [2.45, 2.75) is 4.90 Å². The maximum absolute atomic E-state index is 12.0. The third-order valence-corrected chi connectivity index (χ3v) is 5.68. The van der Waals surface area contributed by atoms with Gasteiger partial charge in [-0.1, -0.05) is 12.2 Å². The zero-order valence-electron chi connectivity index (χ0n) is 10.1. The van der Waals surface area contributed by atoms with Crippen LogP contribution in [0, 0.1) is 0 Å². The number of carbonyl (C=O) groups is 1. The molecule has 1 aromatic heterocycles. The molecule has 0 bridgehead atoms. The SMILES string of the molecule is COC(=O)c1cc(S(=O)(=O)NC/C=C/CN)c(Br)s1. The van der Waals surface area contributed by atoms with Gasteiger partial charge in [0.15, 0.2) is 0 Å². The van der Waals surface area contributed by atoms with Gasteiger partial charge in [0.25, 0.3) is 0 Å². The van der Waals surface area contributed by atoms with E-state index in [4.69, 9.17) is 5.73 Å². The Morgan fingerprint density at radius 1 is 1.58 bits per heavy atom. The molecule has 9 heteroatoms. The number of methoxy groups -OCH3 is 1. The van der Waals surface area contributed by atoms with Gasteiger partial charge < -0.3 is 10.5 Å². The molecule has 0 amide bonds. The number of halogens is 1. The monoisotopic (exact) mass is 368 g/mol. The maximum atomic E-state index is 12.0. The normalized spacial score (nSPS) is 11.9. The second-order valence-electron chi connectivity index (χ2n) is 3.30. The predicted octanol–water partition coefficient (Wildman–Crippen LogP) is 1.09. The van der Waals surface area contributed by atoms with E-state index >= 15 is 0 Å². The van der Waals surface area contributed by atoms with Crippen LogP contribution in [0.2, 0.25) is 0 Å². The van der Waals surface area contributed by atoms with Gasteiger partial charge in [0.05, 0.1) is 10.9 Å². The Morgan fingerprint density at radius 2 is 2.26 bits per heavy atom. The van der Waals surface area contributed by atoms with Crippen LogP contribution in [0.4, 0.5) is 0 Å². The standard InChI is InChI=1S/C10H13BrN2O4S2/c1-17-10(14)7-6-8(9(11)18-7)19(15,16)13-5-3-2-4-12/h2-3,6,13H,4-5,12H2,1H3/b3-2+. The average Bonchev–Trinajstić information content (AvgIpc) is 2.76. The van der Waals surface area contributed by atoms with E-state index in [0.29, 0.717) is 10.3 Å². The Hall–Kier alpha value is -0.740. The molecule has 0 unspecified atom stereocenters. The van der Waals surface area contributed by atoms with Crippen molar-refractivity contribution in [3.05, 3.63) is 26.9 Å². The molecule has 6 nitrogen and oxygen atoms in total. The summed E-state index contributed by atoms with van der Waals surface area (Å²) in [5.41, 5.74) is 5.24. The molecule has 1 heterocycles. The molecule has 19 heavy (non-hydrogen) atoms. The van der Waals surface area contributed by atoms with Gasteiger partial charge in [-0.2, -0.15) is 0 Å². The predicted molar refractivity (Wildman–Crippen MR) is 76.7 cm³/mol. The van der Waals surface area contributed by atoms with Crippen LogP contribution >= 0.6 is 27.3 Å². The highest BCUT2D eigenvalue weighted by molar-refractivity contribution is 9.11. The van der Waals surface area contributed by atoms with Crippen LogP contribution in [0.15, 0.2) is 26.9 Å². The summed E-state index contributed by atoms with van der Waals surface area (Å²) in [5, 5.41) is 0. The number of rotatable bonds is 6. The van der Waals surface area contributed by atoms with E-state index in [2.05, 4.69) is 25.4 Å². The number of carbonyl (C=O) groups excluding carboxylic acids is 1. The summed E-state index contributed by atoms with van der Waals surface area (Å²) in [6.07, 6.45) is 3.25. The van der Waals surface area contributed by atoms with Crippen LogP contribution in [-0.4, -0.2) is 34.6 Å². The number of hydrogen-bond acceptors (Lipinski definition) is 6. The van der Waals surface area contributed by atoms with Crippen molar-refractivity contribution in [1.82, 2.24) is 4.72 Å². The average molecular weight is 369 g/mol. The zero-order valence-corrected chi connectivity index (χ0v) is 13.3. The summed E-state index contributed by atoms with van der Waals surface area (Å²) in [4.78, 5) is 11.6. The molecular weight excluding hydrogens is 356 g/mol. The third-order valence-electron chi connectivity index (χ3n) is 2.03. The number of hydrogen-bond donors (Lipinski definition) is 2. The van der Waals surface area contributed by atoms with E-state index in [1.807, 2.05) is 0 Å². The van der Waals surface area contributed by atoms with E-state index in [1.54, 1.807) is 12.2 Å². The minimum absolute atomic E-state index is 0.0130. The third kappa shape index (κ3) is 4.39. The number of esters is 1. The van der Waals surface area contributed by atoms with Crippen molar-refractivity contribution in [3.8, 4) is 0 Å². The first-order valence-corrected chi connectivity index (χ1v) is 8.24. The molecule has 0 aliphatic heterocycles. The smallest absolute Gasteiger partial charge is 0.348 e. The number of nitrogens with one attached hydrogen (secondary N) is 1. The van der Waals surface area contributed by atoms with Gasteiger partial charge in [0.1, 0.15) is 9.77 Å². The lowest BCUT2D eigenvalue weighted by Gasteiger charge is -2.02. The van der Waals surface area contributed by atoms with Gasteiger partial charge in [-0.25, -0.2) is 17.9 Å². The van der Waals surface area contributed by atoms with Crippen LogP contribution in [0.5, 0.6) is 0 Å². The van der Waals surface area contributed by atoms with E-state index in [9.17, 15) is 13.2 Å². The van der Waals surface area contributed by atoms with Crippen molar-refractivity contribution in [1.29, 1.82) is 0 Å². The molecule has 0 saturated carbocycles. The molecule has 0 fully saturated rings. The fraction of sp³-hybridized carbons (Fsp3) is 0.300. The van der Waals surface area contributed by atoms with Gasteiger partial charge in [-0.3, -0.25) is 0 Å². The molecule has 0 aliphatic carbocycles. The fourth-order valence-corrected chi connectivity index (χ4v) is 4.61. The molecule has 0 radical (unpaired) electrons. The van der Waals surface area contributed by atoms with Crippen molar-refractivity contribution in [3.63, 3.8) is 0 Å². The van der Waals surface area contributed by atoms with Crippen molar-refractivity contribution in [2.24, 2.45) is 5.73 Å². The summed E-state index contributed by atoms with van der Waals surface area (Å²) in [5.74, 6) is -0.574. The summed E-state index contributed by atoms with van der Waals surface area (Å²) in [6.45, 7) is 0.478. The van der Waals surface area contributed by atoms with Gasteiger partial charge >= 0.3 is 5.97 Å². The molecule has 0 spiro atoms. The molecule has 3 N–H and O–H groups in total. The molecule has 0 aliphatic rings. The van der Waals surface area contributed by atoms with Crippen LogP contribution in [0.25, 0.3) is 0 Å². The first-order valence-electron chi connectivity index (χ1n) is 5.14. The second kappa shape index (κ2) is 7.15. The quantitative estimate of drug-likeness (QED) is 0.578. The number of ether oxygens (including phenoxy) is 1. The number of sulfonamides is 1. The molecule has 0 saturated heterocycles. The van der Waals surface area contributed by atoms with Crippen molar-refractivity contribution >= 4 is 43.3 Å². The Balaban J connectivity index is 2.92. The highest BCUT2D eigenvalue weighted by Gasteiger charge is 2.22. The van der Waals surface area contributed by atoms with Crippen molar-refractivity contribution < 1.29 is 17.9 Å². The van der Waals surface area contributed by atoms with Crippen LogP contribution in [0.3, 0.4) is 0 Å². The lowest BCUT2D eigenvalue weighted by atomic mass is 10.5. The van der Waals surface area contributed by atoms with Crippen LogP contribution < -0.4 is 10.5 Å². The molecule has 106 valence electrons. The van der Waals surface area contributed by atoms with Crippen molar-refractivity contribution in [2.75, 3.05) is 20.2 Å². The summed E-state index contributed by atoms with van der Waals surface area (Å²) in [6, 6.07) is 1.27. The van der Waals surface area contributed by atoms with Gasteiger partial charge in [-0.15, -0.1) is 11.3 Å². The first-order chi connectivity index (χ1) is 8.92. The minimum atomic E-state index is -3.68. The second-order valence-corrected chi connectivity index (χ2v) is 7.40. The van der Waals surface area contributed by atoms with E-state index in [-0.39, 0.29) is 16.3 Å². The molecular formula is C10H13BrN2O4S2. The highest BCUT2D eigenvalue weighted by atomic mass is 79.9. The summed E-state index contributed by atoms with van der Waals surface area (Å²) >= 11 is 4.13. The van der Waals surface area contributed by atoms with E-state index in [0.717, 1.165) is 11.3 Å². The molecule has 0 aromatic carbocycles. The van der Waals surface area contributed by atoms with Gasteiger partial charge in [-0.05, 0) is 22.0 Å². The van der Waals surface area contributed by atoms with Gasteiger partial charge in [0, 0.05) is 13.1 Å². The topological polar surface area (TPSA) is 98.5 Å². The number of thiophene rings is 1.